The lowest BCUT2D eigenvalue weighted by Crippen LogP contribution is -2.02. The first-order valence-corrected chi connectivity index (χ1v) is 5.52. The Bertz CT molecular complexity index is 506. The maximum absolute atomic E-state index is 5.91. The fourth-order valence-electron chi connectivity index (χ4n) is 1.61. The first kappa shape index (κ1) is 8.98. The summed E-state index contributed by atoms with van der Waals surface area (Å²) >= 11 is 5.91. The predicted molar refractivity (Wildman–Crippen MR) is 63.4 cm³/mol. The molecule has 1 aromatic heterocycles. The van der Waals surface area contributed by atoms with Crippen LogP contribution in [0.25, 0.3) is 10.9 Å². The molecule has 1 N–H and O–H groups in total. The van der Waals surface area contributed by atoms with E-state index in [9.17, 15) is 0 Å². The minimum absolute atomic E-state index is 0.641. The zero-order chi connectivity index (χ0) is 10.3. The molecule has 0 radical (unpaired) electrons. The molecule has 1 aliphatic rings. The van der Waals surface area contributed by atoms with Crippen LogP contribution in [-0.2, 0) is 0 Å². The number of hydrogen-bond donors (Lipinski definition) is 1. The van der Waals surface area contributed by atoms with E-state index in [-0.39, 0.29) is 0 Å². The fraction of sp³-hybridized carbons (Fsp3) is 0.250. The number of fused-ring (bicyclic) bond motifs is 1. The summed E-state index contributed by atoms with van der Waals surface area (Å²) in [5, 5.41) is 5.22. The summed E-state index contributed by atoms with van der Waals surface area (Å²) in [7, 11) is 0. The maximum Gasteiger partial charge on any atom is 0.126 e. The van der Waals surface area contributed by atoms with E-state index in [2.05, 4.69) is 16.4 Å². The molecular weight excluding hydrogens is 208 g/mol. The lowest BCUT2D eigenvalue weighted by atomic mass is 10.2. The van der Waals surface area contributed by atoms with Crippen LogP contribution in [-0.4, -0.2) is 11.0 Å². The Labute approximate surface area is 93.3 Å². The van der Waals surface area contributed by atoms with Crippen LogP contribution in [0, 0.1) is 0 Å². The molecule has 3 rings (SSSR count). The van der Waals surface area contributed by atoms with Gasteiger partial charge in [-0.1, -0.05) is 11.6 Å². The molecule has 2 aromatic rings. The average Bonchev–Trinajstić information content (AvgIpc) is 3.02. The molecule has 2 nitrogen and oxygen atoms in total. The number of nitrogens with one attached hydrogen (secondary N) is 1. The van der Waals surface area contributed by atoms with Crippen molar-refractivity contribution in [3.63, 3.8) is 0 Å². The molecule has 0 unspecified atom stereocenters. The molecule has 0 aliphatic heterocycles. The number of pyridine rings is 1. The topological polar surface area (TPSA) is 24.9 Å². The number of halogens is 1. The van der Waals surface area contributed by atoms with Crippen molar-refractivity contribution in [2.75, 3.05) is 5.32 Å². The maximum atomic E-state index is 5.91. The summed E-state index contributed by atoms with van der Waals surface area (Å²) < 4.78 is 0. The second-order valence-electron chi connectivity index (χ2n) is 3.95. The molecule has 1 aliphatic carbocycles. The summed E-state index contributed by atoms with van der Waals surface area (Å²) in [5.41, 5.74) is 0.991. The van der Waals surface area contributed by atoms with Gasteiger partial charge in [-0.25, -0.2) is 4.98 Å². The van der Waals surface area contributed by atoms with Gasteiger partial charge in [-0.05, 0) is 43.2 Å². The van der Waals surface area contributed by atoms with Crippen LogP contribution in [0.1, 0.15) is 12.8 Å². The van der Waals surface area contributed by atoms with Crippen molar-refractivity contribution < 1.29 is 0 Å². The normalized spacial score (nSPS) is 15.5. The lowest BCUT2D eigenvalue weighted by molar-refractivity contribution is 1.12. The Morgan fingerprint density at radius 3 is 2.87 bits per heavy atom. The van der Waals surface area contributed by atoms with Gasteiger partial charge >= 0.3 is 0 Å². The molecule has 0 atom stereocenters. The van der Waals surface area contributed by atoms with E-state index < -0.39 is 0 Å². The average molecular weight is 219 g/mol. The van der Waals surface area contributed by atoms with E-state index in [1.165, 1.54) is 12.8 Å². The minimum Gasteiger partial charge on any atom is -0.367 e. The molecule has 1 aromatic carbocycles. The third kappa shape index (κ3) is 1.90. The monoisotopic (exact) mass is 218 g/mol. The van der Waals surface area contributed by atoms with E-state index in [1.807, 2.05) is 24.3 Å². The summed E-state index contributed by atoms with van der Waals surface area (Å²) in [6, 6.07) is 10.5. The molecule has 0 saturated heterocycles. The number of benzene rings is 1. The fourth-order valence-corrected chi connectivity index (χ4v) is 1.79. The largest absolute Gasteiger partial charge is 0.367 e. The molecule has 1 saturated carbocycles. The van der Waals surface area contributed by atoms with Crippen molar-refractivity contribution in [3.8, 4) is 0 Å². The van der Waals surface area contributed by atoms with E-state index >= 15 is 0 Å². The quantitative estimate of drug-likeness (QED) is 0.835. The van der Waals surface area contributed by atoms with Crippen LogP contribution >= 0.6 is 11.6 Å². The van der Waals surface area contributed by atoms with E-state index in [1.54, 1.807) is 0 Å². The van der Waals surface area contributed by atoms with Gasteiger partial charge in [-0.3, -0.25) is 0 Å². The summed E-state index contributed by atoms with van der Waals surface area (Å²) in [6.45, 7) is 0. The molecule has 0 amide bonds. The van der Waals surface area contributed by atoms with Gasteiger partial charge in [0.2, 0.25) is 0 Å². The molecule has 1 heterocycles. The van der Waals surface area contributed by atoms with Crippen molar-refractivity contribution in [3.05, 3.63) is 35.4 Å². The predicted octanol–water partition coefficient (Wildman–Crippen LogP) is 3.46. The Hall–Kier alpha value is -1.28. The zero-order valence-electron chi connectivity index (χ0n) is 8.20. The van der Waals surface area contributed by atoms with Crippen LogP contribution in [0.2, 0.25) is 5.02 Å². The number of aromatic nitrogens is 1. The molecule has 1 fully saturated rings. The highest BCUT2D eigenvalue weighted by Gasteiger charge is 2.21. The molecule has 0 bridgehead atoms. The van der Waals surface area contributed by atoms with Crippen molar-refractivity contribution >= 4 is 28.3 Å². The molecular formula is C12H11ClN2. The number of rotatable bonds is 2. The van der Waals surface area contributed by atoms with E-state index in [4.69, 9.17) is 11.6 Å². The van der Waals surface area contributed by atoms with Gasteiger partial charge < -0.3 is 5.32 Å². The van der Waals surface area contributed by atoms with Crippen molar-refractivity contribution in [2.24, 2.45) is 0 Å². The highest BCUT2D eigenvalue weighted by molar-refractivity contribution is 6.31. The number of hydrogen-bond acceptors (Lipinski definition) is 2. The van der Waals surface area contributed by atoms with Gasteiger partial charge in [0.15, 0.2) is 0 Å². The third-order valence-corrected chi connectivity index (χ3v) is 2.82. The summed E-state index contributed by atoms with van der Waals surface area (Å²) in [6.07, 6.45) is 2.53. The van der Waals surface area contributed by atoms with Gasteiger partial charge in [0.05, 0.1) is 5.52 Å². The van der Waals surface area contributed by atoms with Crippen LogP contribution in [0.5, 0.6) is 0 Å². The first-order chi connectivity index (χ1) is 7.31. The number of nitrogens with zero attached hydrogens (tertiary/aromatic N) is 1. The van der Waals surface area contributed by atoms with E-state index in [0.717, 1.165) is 21.7 Å². The third-order valence-electron chi connectivity index (χ3n) is 2.58. The highest BCUT2D eigenvalue weighted by Crippen LogP contribution is 2.25. The standard InChI is InChI=1S/C12H11ClN2/c13-9-2-5-11-8(7-9)1-6-12(15-11)14-10-3-4-10/h1-2,5-7,10H,3-4H2,(H,14,15). The lowest BCUT2D eigenvalue weighted by Gasteiger charge is -2.04. The molecule has 15 heavy (non-hydrogen) atoms. The van der Waals surface area contributed by atoms with Crippen LogP contribution in [0.3, 0.4) is 0 Å². The highest BCUT2D eigenvalue weighted by atomic mass is 35.5. The van der Waals surface area contributed by atoms with Gasteiger partial charge in [0.1, 0.15) is 5.82 Å². The summed E-state index contributed by atoms with van der Waals surface area (Å²) in [5.74, 6) is 0.965. The van der Waals surface area contributed by atoms with Crippen molar-refractivity contribution in [1.82, 2.24) is 4.98 Å². The molecule has 3 heteroatoms. The molecule has 76 valence electrons. The van der Waals surface area contributed by atoms with Crippen molar-refractivity contribution in [1.29, 1.82) is 0 Å². The molecule has 0 spiro atoms. The Kier molecular flexibility index (Phi) is 2.03. The van der Waals surface area contributed by atoms with Gasteiger partial charge in [-0.15, -0.1) is 0 Å². The smallest absolute Gasteiger partial charge is 0.126 e. The van der Waals surface area contributed by atoms with Crippen LogP contribution in [0.4, 0.5) is 5.82 Å². The Balaban J connectivity index is 2.01. The van der Waals surface area contributed by atoms with E-state index in [0.29, 0.717) is 6.04 Å². The van der Waals surface area contributed by atoms with Crippen LogP contribution < -0.4 is 5.32 Å². The minimum atomic E-state index is 0.641. The Morgan fingerprint density at radius 1 is 1.20 bits per heavy atom. The van der Waals surface area contributed by atoms with Gasteiger partial charge in [0.25, 0.3) is 0 Å². The summed E-state index contributed by atoms with van der Waals surface area (Å²) in [4.78, 5) is 4.53. The van der Waals surface area contributed by atoms with Crippen LogP contribution in [0.15, 0.2) is 30.3 Å². The van der Waals surface area contributed by atoms with Crippen molar-refractivity contribution in [2.45, 2.75) is 18.9 Å². The Morgan fingerprint density at radius 2 is 2.07 bits per heavy atom. The zero-order valence-corrected chi connectivity index (χ0v) is 8.96. The number of anilines is 1. The van der Waals surface area contributed by atoms with Gasteiger partial charge in [-0.2, -0.15) is 0 Å². The van der Waals surface area contributed by atoms with Gasteiger partial charge in [0, 0.05) is 16.5 Å². The second kappa shape index (κ2) is 3.38. The second-order valence-corrected chi connectivity index (χ2v) is 4.39. The SMILES string of the molecule is Clc1ccc2nc(NC3CC3)ccc2c1. The first-order valence-electron chi connectivity index (χ1n) is 5.14.